The molecular formula is C10H12F3N3O. The van der Waals surface area contributed by atoms with Gasteiger partial charge in [-0.3, -0.25) is 9.89 Å². The van der Waals surface area contributed by atoms with Crippen molar-refractivity contribution in [3.63, 3.8) is 0 Å². The van der Waals surface area contributed by atoms with E-state index in [4.69, 9.17) is 0 Å². The molecule has 1 fully saturated rings. The van der Waals surface area contributed by atoms with Crippen molar-refractivity contribution in [3.8, 4) is 0 Å². The lowest BCUT2D eigenvalue weighted by molar-refractivity contribution is -0.186. The molecule has 1 atom stereocenters. The Bertz CT molecular complexity index is 388. The van der Waals surface area contributed by atoms with Crippen LogP contribution in [0.5, 0.6) is 0 Å². The number of nitrogens with zero attached hydrogens (tertiary/aromatic N) is 2. The summed E-state index contributed by atoms with van der Waals surface area (Å²) in [5.74, 6) is -1.83. The van der Waals surface area contributed by atoms with Crippen LogP contribution in [-0.2, 0) is 4.79 Å². The van der Waals surface area contributed by atoms with Crippen LogP contribution in [0.3, 0.4) is 0 Å². The summed E-state index contributed by atoms with van der Waals surface area (Å²) >= 11 is 0. The van der Waals surface area contributed by atoms with Crippen LogP contribution in [0.2, 0.25) is 0 Å². The topological polar surface area (TPSA) is 49.0 Å². The van der Waals surface area contributed by atoms with Crippen molar-refractivity contribution in [2.45, 2.75) is 24.9 Å². The molecule has 1 N–H and O–H groups in total. The number of aromatic nitrogens is 2. The number of nitrogens with one attached hydrogen (secondary N) is 1. The van der Waals surface area contributed by atoms with Gasteiger partial charge in [-0.05, 0) is 18.9 Å². The molecule has 1 aromatic heterocycles. The Morgan fingerprint density at radius 1 is 1.53 bits per heavy atom. The zero-order valence-electron chi connectivity index (χ0n) is 9.00. The van der Waals surface area contributed by atoms with E-state index < -0.39 is 12.1 Å². The molecular weight excluding hydrogens is 235 g/mol. The fourth-order valence-electron chi connectivity index (χ4n) is 2.09. The van der Waals surface area contributed by atoms with Gasteiger partial charge in [-0.2, -0.15) is 18.3 Å². The van der Waals surface area contributed by atoms with Crippen LogP contribution < -0.4 is 0 Å². The maximum atomic E-state index is 12.3. The number of likely N-dealkylation sites (tertiary alicyclic amines) is 1. The van der Waals surface area contributed by atoms with Crippen molar-refractivity contribution >= 4 is 5.91 Å². The first-order chi connectivity index (χ1) is 7.98. The van der Waals surface area contributed by atoms with Gasteiger partial charge in [-0.25, -0.2) is 0 Å². The first-order valence-electron chi connectivity index (χ1n) is 5.34. The second kappa shape index (κ2) is 4.38. The molecule has 0 spiro atoms. The molecule has 17 heavy (non-hydrogen) atoms. The number of carbonyl (C=O) groups excluding carboxylic acids is 1. The molecule has 1 aliphatic rings. The maximum Gasteiger partial charge on any atom is 0.471 e. The van der Waals surface area contributed by atoms with E-state index in [0.29, 0.717) is 6.42 Å². The fourth-order valence-corrected chi connectivity index (χ4v) is 2.09. The van der Waals surface area contributed by atoms with Crippen LogP contribution in [0.15, 0.2) is 12.3 Å². The van der Waals surface area contributed by atoms with Crippen LogP contribution in [0.4, 0.5) is 13.2 Å². The van der Waals surface area contributed by atoms with Gasteiger partial charge in [0, 0.05) is 30.9 Å². The average Bonchev–Trinajstić information content (AvgIpc) is 2.80. The molecule has 94 valence electrons. The summed E-state index contributed by atoms with van der Waals surface area (Å²) in [6.07, 6.45) is -1.88. The van der Waals surface area contributed by atoms with Gasteiger partial charge in [0.25, 0.3) is 0 Å². The van der Waals surface area contributed by atoms with Crippen molar-refractivity contribution in [1.29, 1.82) is 0 Å². The molecule has 1 saturated heterocycles. The van der Waals surface area contributed by atoms with E-state index in [-0.39, 0.29) is 19.0 Å². The highest BCUT2D eigenvalue weighted by Gasteiger charge is 2.43. The molecule has 7 heteroatoms. The number of alkyl halides is 3. The summed E-state index contributed by atoms with van der Waals surface area (Å²) in [5, 5.41) is 6.50. The summed E-state index contributed by atoms with van der Waals surface area (Å²) in [4.78, 5) is 12.0. The van der Waals surface area contributed by atoms with Crippen molar-refractivity contribution in [1.82, 2.24) is 15.1 Å². The van der Waals surface area contributed by atoms with Gasteiger partial charge in [0.15, 0.2) is 0 Å². The van der Waals surface area contributed by atoms with Crippen molar-refractivity contribution < 1.29 is 18.0 Å². The highest BCUT2D eigenvalue weighted by atomic mass is 19.4. The van der Waals surface area contributed by atoms with Gasteiger partial charge in [-0.15, -0.1) is 0 Å². The fraction of sp³-hybridized carbons (Fsp3) is 0.600. The molecule has 1 aliphatic heterocycles. The third-order valence-corrected chi connectivity index (χ3v) is 2.91. The molecule has 2 rings (SSSR count). The highest BCUT2D eigenvalue weighted by Crippen LogP contribution is 2.28. The molecule has 0 aromatic carbocycles. The van der Waals surface area contributed by atoms with E-state index in [0.717, 1.165) is 17.0 Å². The Balaban J connectivity index is 2.05. The van der Waals surface area contributed by atoms with Crippen LogP contribution in [0, 0.1) is 0 Å². The van der Waals surface area contributed by atoms with E-state index in [2.05, 4.69) is 10.2 Å². The van der Waals surface area contributed by atoms with E-state index in [1.54, 1.807) is 12.3 Å². The number of amides is 1. The van der Waals surface area contributed by atoms with Crippen LogP contribution in [0.25, 0.3) is 0 Å². The zero-order valence-corrected chi connectivity index (χ0v) is 9.00. The van der Waals surface area contributed by atoms with Crippen molar-refractivity contribution in [2.24, 2.45) is 0 Å². The van der Waals surface area contributed by atoms with Gasteiger partial charge >= 0.3 is 12.1 Å². The van der Waals surface area contributed by atoms with Crippen LogP contribution in [0.1, 0.15) is 24.5 Å². The highest BCUT2D eigenvalue weighted by molar-refractivity contribution is 5.82. The molecule has 0 radical (unpaired) electrons. The second-order valence-corrected chi connectivity index (χ2v) is 4.10. The predicted octanol–water partition coefficient (Wildman–Crippen LogP) is 1.68. The number of hydrogen-bond acceptors (Lipinski definition) is 2. The normalized spacial score (nSPS) is 21.6. The smallest absolute Gasteiger partial charge is 0.334 e. The van der Waals surface area contributed by atoms with Gasteiger partial charge in [0.2, 0.25) is 0 Å². The lowest BCUT2D eigenvalue weighted by Crippen LogP contribution is -2.45. The Kier molecular flexibility index (Phi) is 3.08. The molecule has 4 nitrogen and oxygen atoms in total. The first kappa shape index (κ1) is 11.9. The summed E-state index contributed by atoms with van der Waals surface area (Å²) < 4.78 is 36.9. The predicted molar refractivity (Wildman–Crippen MR) is 53.2 cm³/mol. The number of aromatic amines is 1. The van der Waals surface area contributed by atoms with Crippen LogP contribution in [-0.4, -0.2) is 40.3 Å². The minimum atomic E-state index is -4.78. The van der Waals surface area contributed by atoms with Crippen LogP contribution >= 0.6 is 0 Å². The standard InChI is InChI=1S/C10H12F3N3O/c11-10(12,13)9(17)16-5-1-2-7(6-16)8-3-4-14-15-8/h3-4,7H,1-2,5-6H2,(H,14,15). The molecule has 0 aliphatic carbocycles. The third kappa shape index (κ3) is 2.59. The Labute approximate surface area is 95.8 Å². The average molecular weight is 247 g/mol. The third-order valence-electron chi connectivity index (χ3n) is 2.91. The summed E-state index contributed by atoms with van der Waals surface area (Å²) in [7, 11) is 0. The van der Waals surface area contributed by atoms with E-state index in [1.165, 1.54) is 0 Å². The molecule has 1 aromatic rings. The SMILES string of the molecule is O=C(N1CCCC(c2ccn[nH]2)C1)C(F)(F)F. The monoisotopic (exact) mass is 247 g/mol. The molecule has 2 heterocycles. The summed E-state index contributed by atoms with van der Waals surface area (Å²) in [6.45, 7) is 0.267. The number of piperidine rings is 1. The first-order valence-corrected chi connectivity index (χ1v) is 5.34. The largest absolute Gasteiger partial charge is 0.471 e. The van der Waals surface area contributed by atoms with Crippen molar-refractivity contribution in [2.75, 3.05) is 13.1 Å². The quantitative estimate of drug-likeness (QED) is 0.820. The van der Waals surface area contributed by atoms with Gasteiger partial charge in [-0.1, -0.05) is 0 Å². The number of H-pyrrole nitrogens is 1. The van der Waals surface area contributed by atoms with Gasteiger partial charge in [0.1, 0.15) is 0 Å². The molecule has 1 amide bonds. The summed E-state index contributed by atoms with van der Waals surface area (Å²) in [6, 6.07) is 1.73. The second-order valence-electron chi connectivity index (χ2n) is 4.10. The van der Waals surface area contributed by atoms with E-state index >= 15 is 0 Å². The Morgan fingerprint density at radius 2 is 2.29 bits per heavy atom. The van der Waals surface area contributed by atoms with E-state index in [9.17, 15) is 18.0 Å². The lowest BCUT2D eigenvalue weighted by Gasteiger charge is -2.32. The number of hydrogen-bond donors (Lipinski definition) is 1. The van der Waals surface area contributed by atoms with Gasteiger partial charge in [0.05, 0.1) is 0 Å². The van der Waals surface area contributed by atoms with Crippen molar-refractivity contribution in [3.05, 3.63) is 18.0 Å². The number of rotatable bonds is 1. The summed E-state index contributed by atoms with van der Waals surface area (Å²) in [5.41, 5.74) is 0.782. The Hall–Kier alpha value is -1.53. The molecule has 0 bridgehead atoms. The zero-order chi connectivity index (χ0) is 12.5. The molecule has 1 unspecified atom stereocenters. The maximum absolute atomic E-state index is 12.3. The lowest BCUT2D eigenvalue weighted by atomic mass is 9.95. The van der Waals surface area contributed by atoms with Gasteiger partial charge < -0.3 is 4.90 Å². The minimum Gasteiger partial charge on any atom is -0.334 e. The number of halogens is 3. The molecule has 0 saturated carbocycles. The Morgan fingerprint density at radius 3 is 2.88 bits per heavy atom. The van der Waals surface area contributed by atoms with E-state index in [1.807, 2.05) is 0 Å². The minimum absolute atomic E-state index is 0.0856. The number of carbonyl (C=O) groups is 1.